The van der Waals surface area contributed by atoms with Crippen molar-refractivity contribution in [1.82, 2.24) is 4.90 Å². The van der Waals surface area contributed by atoms with E-state index in [-0.39, 0.29) is 35.9 Å². The molecule has 0 aliphatic heterocycles. The molecule has 0 aliphatic carbocycles. The molecule has 0 radical (unpaired) electrons. The first-order chi connectivity index (χ1) is 14.6. The number of rotatable bonds is 10. The molecule has 31 heavy (non-hydrogen) atoms. The van der Waals surface area contributed by atoms with Crippen molar-refractivity contribution in [3.05, 3.63) is 54.1 Å². The van der Waals surface area contributed by atoms with Crippen molar-refractivity contribution < 1.29 is 22.7 Å². The summed E-state index contributed by atoms with van der Waals surface area (Å²) >= 11 is 0. The lowest BCUT2D eigenvalue weighted by atomic mass is 10.1. The second-order valence-corrected chi connectivity index (χ2v) is 9.66. The van der Waals surface area contributed by atoms with Gasteiger partial charge >= 0.3 is 0 Å². The van der Waals surface area contributed by atoms with Crippen LogP contribution in [0.25, 0.3) is 0 Å². The molecule has 0 atom stereocenters. The Kier molecular flexibility index (Phi) is 8.62. The monoisotopic (exact) mass is 446 g/mol. The van der Waals surface area contributed by atoms with E-state index in [4.69, 9.17) is 4.74 Å². The van der Waals surface area contributed by atoms with Crippen molar-refractivity contribution in [2.24, 2.45) is 0 Å². The number of benzene rings is 2. The van der Waals surface area contributed by atoms with Crippen LogP contribution in [-0.4, -0.2) is 50.6 Å². The third-order valence-corrected chi connectivity index (χ3v) is 5.78. The lowest BCUT2D eigenvalue weighted by molar-refractivity contribution is -0.138. The fourth-order valence-electron chi connectivity index (χ4n) is 2.97. The molecular weight excluding hydrogens is 416 g/mol. The van der Waals surface area contributed by atoms with Gasteiger partial charge < -0.3 is 15.0 Å². The van der Waals surface area contributed by atoms with E-state index in [0.29, 0.717) is 11.4 Å². The van der Waals surface area contributed by atoms with E-state index in [1.807, 2.05) is 38.1 Å². The van der Waals surface area contributed by atoms with Crippen molar-refractivity contribution >= 4 is 27.3 Å². The first kappa shape index (κ1) is 24.4. The predicted octanol–water partition coefficient (Wildman–Crippen LogP) is 3.30. The molecule has 0 aromatic heterocycles. The minimum Gasteiger partial charge on any atom is -0.484 e. The molecule has 0 fully saturated rings. The molecule has 2 amide bonds. The SMILES string of the molecule is CCCc1ccc(OCC(=O)N(CC(=O)Nc2ccc(S(C)(=O)=O)cc2)C(C)C)cc1. The van der Waals surface area contributed by atoms with E-state index in [0.717, 1.165) is 19.1 Å². The maximum Gasteiger partial charge on any atom is 0.261 e. The normalized spacial score (nSPS) is 11.3. The highest BCUT2D eigenvalue weighted by molar-refractivity contribution is 7.90. The Hall–Kier alpha value is -2.87. The molecular formula is C23H30N2O5S. The Balaban J connectivity index is 1.93. The van der Waals surface area contributed by atoms with Gasteiger partial charge in [-0.2, -0.15) is 0 Å². The summed E-state index contributed by atoms with van der Waals surface area (Å²) < 4.78 is 28.7. The van der Waals surface area contributed by atoms with Crippen LogP contribution in [-0.2, 0) is 25.8 Å². The number of carbonyl (C=O) groups excluding carboxylic acids is 2. The van der Waals surface area contributed by atoms with Crippen molar-refractivity contribution in [3.63, 3.8) is 0 Å². The minimum atomic E-state index is -3.30. The predicted molar refractivity (Wildman–Crippen MR) is 121 cm³/mol. The number of hydrogen-bond acceptors (Lipinski definition) is 5. The van der Waals surface area contributed by atoms with Gasteiger partial charge in [0.2, 0.25) is 5.91 Å². The maximum atomic E-state index is 12.6. The van der Waals surface area contributed by atoms with Gasteiger partial charge in [0.25, 0.3) is 5.91 Å². The van der Waals surface area contributed by atoms with Gasteiger partial charge in [0.15, 0.2) is 16.4 Å². The lowest BCUT2D eigenvalue weighted by Crippen LogP contribution is -2.44. The zero-order chi connectivity index (χ0) is 23.0. The summed E-state index contributed by atoms with van der Waals surface area (Å²) in [7, 11) is -3.30. The van der Waals surface area contributed by atoms with Gasteiger partial charge in [-0.05, 0) is 62.2 Å². The fraction of sp³-hybridized carbons (Fsp3) is 0.391. The number of carbonyl (C=O) groups is 2. The summed E-state index contributed by atoms with van der Waals surface area (Å²) in [6, 6.07) is 13.3. The van der Waals surface area contributed by atoms with Crippen molar-refractivity contribution in [1.29, 1.82) is 0 Å². The largest absolute Gasteiger partial charge is 0.484 e. The van der Waals surface area contributed by atoms with Crippen LogP contribution in [0.2, 0.25) is 0 Å². The fourth-order valence-corrected chi connectivity index (χ4v) is 3.60. The molecule has 1 N–H and O–H groups in total. The molecule has 0 saturated heterocycles. The van der Waals surface area contributed by atoms with Gasteiger partial charge in [-0.3, -0.25) is 9.59 Å². The zero-order valence-electron chi connectivity index (χ0n) is 18.4. The molecule has 0 aliphatic rings. The number of aryl methyl sites for hydroxylation is 1. The molecule has 0 spiro atoms. The van der Waals surface area contributed by atoms with Crippen LogP contribution in [0, 0.1) is 0 Å². The summed E-state index contributed by atoms with van der Waals surface area (Å²) in [6.45, 7) is 5.46. The van der Waals surface area contributed by atoms with E-state index in [2.05, 4.69) is 12.2 Å². The van der Waals surface area contributed by atoms with Crippen LogP contribution in [0.15, 0.2) is 53.4 Å². The van der Waals surface area contributed by atoms with Crippen LogP contribution in [0.3, 0.4) is 0 Å². The molecule has 0 unspecified atom stereocenters. The van der Waals surface area contributed by atoms with E-state index in [1.54, 1.807) is 0 Å². The van der Waals surface area contributed by atoms with Crippen molar-refractivity contribution in [3.8, 4) is 5.75 Å². The summed E-state index contributed by atoms with van der Waals surface area (Å²) in [5, 5.41) is 2.68. The van der Waals surface area contributed by atoms with Gasteiger partial charge in [-0.25, -0.2) is 8.42 Å². The molecule has 0 bridgehead atoms. The molecule has 2 aromatic rings. The summed E-state index contributed by atoms with van der Waals surface area (Å²) in [6.07, 6.45) is 3.17. The topological polar surface area (TPSA) is 92.8 Å². The van der Waals surface area contributed by atoms with Gasteiger partial charge in [0.1, 0.15) is 12.3 Å². The smallest absolute Gasteiger partial charge is 0.261 e. The number of hydrogen-bond donors (Lipinski definition) is 1. The number of nitrogens with zero attached hydrogens (tertiary/aromatic N) is 1. The molecule has 0 heterocycles. The first-order valence-corrected chi connectivity index (χ1v) is 12.1. The summed E-state index contributed by atoms with van der Waals surface area (Å²) in [4.78, 5) is 26.7. The Morgan fingerprint density at radius 2 is 1.65 bits per heavy atom. The summed E-state index contributed by atoms with van der Waals surface area (Å²) in [5.41, 5.74) is 1.67. The quantitative estimate of drug-likeness (QED) is 0.605. The zero-order valence-corrected chi connectivity index (χ0v) is 19.2. The number of sulfone groups is 1. The first-order valence-electron chi connectivity index (χ1n) is 10.2. The van der Waals surface area contributed by atoms with Gasteiger partial charge in [0, 0.05) is 18.0 Å². The van der Waals surface area contributed by atoms with Crippen molar-refractivity contribution in [2.75, 3.05) is 24.7 Å². The molecule has 2 rings (SSSR count). The Morgan fingerprint density at radius 3 is 2.16 bits per heavy atom. The van der Waals surface area contributed by atoms with Gasteiger partial charge in [0.05, 0.1) is 4.90 Å². The highest BCUT2D eigenvalue weighted by Crippen LogP contribution is 2.15. The molecule has 8 heteroatoms. The molecule has 2 aromatic carbocycles. The van der Waals surface area contributed by atoms with E-state index >= 15 is 0 Å². The molecule has 7 nitrogen and oxygen atoms in total. The van der Waals surface area contributed by atoms with E-state index in [9.17, 15) is 18.0 Å². The van der Waals surface area contributed by atoms with Crippen LogP contribution in [0.4, 0.5) is 5.69 Å². The Morgan fingerprint density at radius 1 is 1.03 bits per heavy atom. The maximum absolute atomic E-state index is 12.6. The van der Waals surface area contributed by atoms with Gasteiger partial charge in [-0.1, -0.05) is 25.5 Å². The Labute approximate surface area is 184 Å². The minimum absolute atomic E-state index is 0.136. The van der Waals surface area contributed by atoms with Crippen LogP contribution in [0.1, 0.15) is 32.8 Å². The van der Waals surface area contributed by atoms with Crippen LogP contribution >= 0.6 is 0 Å². The van der Waals surface area contributed by atoms with Gasteiger partial charge in [-0.15, -0.1) is 0 Å². The average molecular weight is 447 g/mol. The summed E-state index contributed by atoms with van der Waals surface area (Å²) in [5.74, 6) is -0.0689. The highest BCUT2D eigenvalue weighted by Gasteiger charge is 2.21. The van der Waals surface area contributed by atoms with Crippen LogP contribution in [0.5, 0.6) is 5.75 Å². The number of amides is 2. The standard InChI is InChI=1S/C23H30N2O5S/c1-5-6-18-7-11-20(12-8-18)30-16-23(27)25(17(2)3)15-22(26)24-19-9-13-21(14-10-19)31(4,28)29/h7-14,17H,5-6,15-16H2,1-4H3,(H,24,26). The lowest BCUT2D eigenvalue weighted by Gasteiger charge is -2.26. The third kappa shape index (κ3) is 7.71. The van der Waals surface area contributed by atoms with Crippen molar-refractivity contribution in [2.45, 2.75) is 44.6 Å². The number of anilines is 1. The second kappa shape index (κ2) is 10.9. The highest BCUT2D eigenvalue weighted by atomic mass is 32.2. The van der Waals surface area contributed by atoms with E-state index in [1.165, 1.54) is 34.7 Å². The molecule has 168 valence electrons. The third-order valence-electron chi connectivity index (χ3n) is 4.65. The average Bonchev–Trinajstić information content (AvgIpc) is 2.71. The van der Waals surface area contributed by atoms with Crippen LogP contribution < -0.4 is 10.1 Å². The Bertz CT molecular complexity index is 984. The van der Waals surface area contributed by atoms with E-state index < -0.39 is 9.84 Å². The molecule has 0 saturated carbocycles. The number of ether oxygens (including phenoxy) is 1. The number of nitrogens with one attached hydrogen (secondary N) is 1. The second-order valence-electron chi connectivity index (χ2n) is 7.64.